The van der Waals surface area contributed by atoms with Crippen LogP contribution >= 0.6 is 0 Å². The zero-order chi connectivity index (χ0) is 11.4. The summed E-state index contributed by atoms with van der Waals surface area (Å²) in [5.74, 6) is 0. The van der Waals surface area contributed by atoms with Crippen LogP contribution in [0, 0.1) is 0 Å². The fourth-order valence-electron chi connectivity index (χ4n) is 2.33. The second-order valence-corrected chi connectivity index (χ2v) is 4.64. The second kappa shape index (κ2) is 5.24. The summed E-state index contributed by atoms with van der Waals surface area (Å²) in [6, 6.07) is 7.34. The van der Waals surface area contributed by atoms with Gasteiger partial charge in [-0.15, -0.1) is 0 Å². The first-order valence-corrected chi connectivity index (χ1v) is 6.46. The summed E-state index contributed by atoms with van der Waals surface area (Å²) < 4.78 is 0. The predicted octanol–water partition coefficient (Wildman–Crippen LogP) is 3.65. The molecule has 0 saturated heterocycles. The van der Waals surface area contributed by atoms with E-state index in [1.807, 2.05) is 0 Å². The quantitative estimate of drug-likeness (QED) is 0.806. The lowest BCUT2D eigenvalue weighted by atomic mass is 10.0. The summed E-state index contributed by atoms with van der Waals surface area (Å²) >= 11 is 0. The van der Waals surface area contributed by atoms with Crippen molar-refractivity contribution in [2.24, 2.45) is 0 Å². The first-order chi connectivity index (χ1) is 7.83. The summed E-state index contributed by atoms with van der Waals surface area (Å²) in [6.07, 6.45) is 4.86. The van der Waals surface area contributed by atoms with Crippen molar-refractivity contribution in [3.05, 3.63) is 23.8 Å². The van der Waals surface area contributed by atoms with Crippen LogP contribution in [0.2, 0.25) is 0 Å². The molecule has 1 aliphatic heterocycles. The molecule has 1 aliphatic rings. The molecular weight excluding hydrogens is 196 g/mol. The molecule has 0 bridgehead atoms. The predicted molar refractivity (Wildman–Crippen MR) is 71.2 cm³/mol. The van der Waals surface area contributed by atoms with Crippen LogP contribution in [-0.4, -0.2) is 12.6 Å². The van der Waals surface area contributed by atoms with Gasteiger partial charge in [-0.25, -0.2) is 0 Å². The zero-order valence-corrected chi connectivity index (χ0v) is 10.3. The topological polar surface area (TPSA) is 24.1 Å². The SMILES string of the molecule is CCCc1ccc2c(c1)NCC(CCC)N2. The van der Waals surface area contributed by atoms with Crippen molar-refractivity contribution in [3.8, 4) is 0 Å². The molecular formula is C14H22N2. The number of aryl methyl sites for hydroxylation is 1. The zero-order valence-electron chi connectivity index (χ0n) is 10.3. The molecule has 0 fully saturated rings. The number of rotatable bonds is 4. The maximum atomic E-state index is 3.60. The Morgan fingerprint density at radius 2 is 2.06 bits per heavy atom. The molecule has 2 N–H and O–H groups in total. The molecule has 0 aromatic heterocycles. The lowest BCUT2D eigenvalue weighted by Gasteiger charge is -2.28. The van der Waals surface area contributed by atoms with Gasteiger partial charge in [-0.2, -0.15) is 0 Å². The van der Waals surface area contributed by atoms with Crippen molar-refractivity contribution in [3.63, 3.8) is 0 Å². The lowest BCUT2D eigenvalue weighted by molar-refractivity contribution is 0.655. The minimum absolute atomic E-state index is 0.592. The van der Waals surface area contributed by atoms with Crippen molar-refractivity contribution in [2.75, 3.05) is 17.2 Å². The standard InChI is InChI=1S/C14H22N2/c1-3-5-11-7-8-13-14(9-11)15-10-12(16-13)6-4-2/h7-9,12,15-16H,3-6,10H2,1-2H3. The largest absolute Gasteiger partial charge is 0.381 e. The van der Waals surface area contributed by atoms with Crippen LogP contribution in [0.1, 0.15) is 38.7 Å². The summed E-state index contributed by atoms with van der Waals surface area (Å²) in [5.41, 5.74) is 3.98. The van der Waals surface area contributed by atoms with Crippen LogP contribution in [0.25, 0.3) is 0 Å². The maximum absolute atomic E-state index is 3.60. The van der Waals surface area contributed by atoms with Gasteiger partial charge in [0.2, 0.25) is 0 Å². The molecule has 0 aliphatic carbocycles. The van der Waals surface area contributed by atoms with Gasteiger partial charge in [0.1, 0.15) is 0 Å². The Hall–Kier alpha value is -1.18. The van der Waals surface area contributed by atoms with E-state index in [1.54, 1.807) is 0 Å². The Morgan fingerprint density at radius 3 is 2.81 bits per heavy atom. The molecule has 0 amide bonds. The van der Waals surface area contributed by atoms with E-state index in [1.165, 1.54) is 42.6 Å². The van der Waals surface area contributed by atoms with Gasteiger partial charge < -0.3 is 10.6 Å². The smallest absolute Gasteiger partial charge is 0.0579 e. The number of benzene rings is 1. The van der Waals surface area contributed by atoms with E-state index < -0.39 is 0 Å². The Morgan fingerprint density at radius 1 is 1.19 bits per heavy atom. The maximum Gasteiger partial charge on any atom is 0.0579 e. The van der Waals surface area contributed by atoms with Crippen LogP contribution in [0.4, 0.5) is 11.4 Å². The van der Waals surface area contributed by atoms with Crippen LogP contribution in [0.15, 0.2) is 18.2 Å². The highest BCUT2D eigenvalue weighted by Crippen LogP contribution is 2.28. The van der Waals surface area contributed by atoms with E-state index in [-0.39, 0.29) is 0 Å². The summed E-state index contributed by atoms with van der Waals surface area (Å²) in [7, 11) is 0. The number of hydrogen-bond acceptors (Lipinski definition) is 2. The number of fused-ring (bicyclic) bond motifs is 1. The van der Waals surface area contributed by atoms with E-state index >= 15 is 0 Å². The monoisotopic (exact) mass is 218 g/mol. The Bertz CT molecular complexity index is 347. The number of nitrogens with one attached hydrogen (secondary N) is 2. The van der Waals surface area contributed by atoms with Crippen LogP contribution in [0.3, 0.4) is 0 Å². The normalized spacial score (nSPS) is 18.5. The highest BCUT2D eigenvalue weighted by atomic mass is 15.1. The number of anilines is 2. The molecule has 1 heterocycles. The van der Waals surface area contributed by atoms with Crippen molar-refractivity contribution >= 4 is 11.4 Å². The summed E-state index contributed by atoms with van der Waals surface area (Å²) in [4.78, 5) is 0. The van der Waals surface area contributed by atoms with Gasteiger partial charge in [0.05, 0.1) is 11.4 Å². The first-order valence-electron chi connectivity index (χ1n) is 6.46. The molecule has 1 aromatic rings. The molecule has 1 aromatic carbocycles. The van der Waals surface area contributed by atoms with Crippen LogP contribution in [-0.2, 0) is 6.42 Å². The molecule has 2 heteroatoms. The molecule has 0 radical (unpaired) electrons. The summed E-state index contributed by atoms with van der Waals surface area (Å²) in [6.45, 7) is 5.51. The van der Waals surface area contributed by atoms with Gasteiger partial charge in [-0.3, -0.25) is 0 Å². The van der Waals surface area contributed by atoms with E-state index in [4.69, 9.17) is 0 Å². The molecule has 88 valence electrons. The van der Waals surface area contributed by atoms with E-state index in [0.29, 0.717) is 6.04 Å². The van der Waals surface area contributed by atoms with E-state index in [2.05, 4.69) is 42.7 Å². The Balaban J connectivity index is 2.09. The molecule has 0 saturated carbocycles. The third kappa shape index (κ3) is 2.49. The van der Waals surface area contributed by atoms with Gasteiger partial charge in [-0.1, -0.05) is 32.8 Å². The fraction of sp³-hybridized carbons (Fsp3) is 0.571. The Labute approximate surface area is 98.4 Å². The van der Waals surface area contributed by atoms with Crippen molar-refractivity contribution in [1.82, 2.24) is 0 Å². The van der Waals surface area contributed by atoms with Gasteiger partial charge in [0, 0.05) is 12.6 Å². The van der Waals surface area contributed by atoms with Gasteiger partial charge in [-0.05, 0) is 30.5 Å². The second-order valence-electron chi connectivity index (χ2n) is 4.64. The van der Waals surface area contributed by atoms with Crippen molar-refractivity contribution < 1.29 is 0 Å². The van der Waals surface area contributed by atoms with E-state index in [0.717, 1.165) is 6.54 Å². The highest BCUT2D eigenvalue weighted by molar-refractivity contribution is 5.72. The molecule has 16 heavy (non-hydrogen) atoms. The molecule has 2 nitrogen and oxygen atoms in total. The van der Waals surface area contributed by atoms with Gasteiger partial charge in [0.15, 0.2) is 0 Å². The fourth-order valence-corrected chi connectivity index (χ4v) is 2.33. The Kier molecular flexibility index (Phi) is 3.70. The summed E-state index contributed by atoms with van der Waals surface area (Å²) in [5, 5.41) is 7.14. The molecule has 0 spiro atoms. The average molecular weight is 218 g/mol. The molecule has 1 unspecified atom stereocenters. The third-order valence-electron chi connectivity index (χ3n) is 3.16. The average Bonchev–Trinajstić information content (AvgIpc) is 2.30. The first kappa shape index (κ1) is 11.3. The molecule has 1 atom stereocenters. The highest BCUT2D eigenvalue weighted by Gasteiger charge is 2.15. The number of hydrogen-bond donors (Lipinski definition) is 2. The minimum Gasteiger partial charge on any atom is -0.381 e. The van der Waals surface area contributed by atoms with Crippen LogP contribution < -0.4 is 10.6 Å². The van der Waals surface area contributed by atoms with Crippen molar-refractivity contribution in [1.29, 1.82) is 0 Å². The lowest BCUT2D eigenvalue weighted by Crippen LogP contribution is -2.32. The third-order valence-corrected chi connectivity index (χ3v) is 3.16. The van der Waals surface area contributed by atoms with Gasteiger partial charge >= 0.3 is 0 Å². The molecule has 2 rings (SSSR count). The minimum atomic E-state index is 0.592. The van der Waals surface area contributed by atoms with Crippen molar-refractivity contribution in [2.45, 2.75) is 45.6 Å². The van der Waals surface area contributed by atoms with Crippen LogP contribution in [0.5, 0.6) is 0 Å². The van der Waals surface area contributed by atoms with E-state index in [9.17, 15) is 0 Å². The van der Waals surface area contributed by atoms with Gasteiger partial charge in [0.25, 0.3) is 0 Å².